The van der Waals surface area contributed by atoms with E-state index in [-0.39, 0.29) is 24.4 Å². The van der Waals surface area contributed by atoms with Crippen LogP contribution in [0.15, 0.2) is 66.9 Å². The molecule has 4 rings (SSSR count). The first-order chi connectivity index (χ1) is 13.6. The largest absolute Gasteiger partial charge is 0.339 e. The second-order valence-electron chi connectivity index (χ2n) is 6.61. The van der Waals surface area contributed by atoms with Crippen molar-refractivity contribution in [3.05, 3.63) is 89.4 Å². The van der Waals surface area contributed by atoms with Gasteiger partial charge in [0.15, 0.2) is 5.78 Å². The predicted octanol–water partition coefficient (Wildman–Crippen LogP) is 4.86. The van der Waals surface area contributed by atoms with Gasteiger partial charge in [-0.05, 0) is 59.2 Å². The lowest BCUT2D eigenvalue weighted by Crippen LogP contribution is -2.04. The fraction of sp³-hybridized carbons (Fsp3) is 0.0870. The van der Waals surface area contributed by atoms with E-state index < -0.39 is 0 Å². The van der Waals surface area contributed by atoms with Gasteiger partial charge in [-0.2, -0.15) is 5.26 Å². The summed E-state index contributed by atoms with van der Waals surface area (Å²) in [4.78, 5) is 20.2. The van der Waals surface area contributed by atoms with Gasteiger partial charge in [0.25, 0.3) is 0 Å². The van der Waals surface area contributed by atoms with Crippen molar-refractivity contribution in [2.75, 3.05) is 0 Å². The minimum Gasteiger partial charge on any atom is -0.339 e. The van der Waals surface area contributed by atoms with Crippen molar-refractivity contribution in [1.29, 1.82) is 5.26 Å². The number of nitrogens with one attached hydrogen (secondary N) is 1. The lowest BCUT2D eigenvalue weighted by Gasteiger charge is -2.03. The quantitative estimate of drug-likeness (QED) is 0.511. The van der Waals surface area contributed by atoms with E-state index in [2.05, 4.69) is 16.0 Å². The topological polar surface area (TPSA) is 69.5 Å². The molecular formula is C23H16FN3O. The third-order valence-electron chi connectivity index (χ3n) is 4.58. The molecule has 2 aromatic carbocycles. The Morgan fingerprint density at radius 2 is 1.89 bits per heavy atom. The van der Waals surface area contributed by atoms with Crippen molar-refractivity contribution in [3.63, 3.8) is 0 Å². The minimum absolute atomic E-state index is 0.0183. The molecule has 0 fully saturated rings. The van der Waals surface area contributed by atoms with Gasteiger partial charge in [0, 0.05) is 29.3 Å². The molecule has 2 aromatic heterocycles. The molecule has 0 radical (unpaired) electrons. The summed E-state index contributed by atoms with van der Waals surface area (Å²) >= 11 is 0. The number of nitrogens with zero attached hydrogens (tertiary/aromatic N) is 2. The maximum Gasteiger partial charge on any atom is 0.167 e. The average molecular weight is 369 g/mol. The molecule has 0 bridgehead atoms. The molecule has 0 spiro atoms. The molecule has 0 aliphatic rings. The fourth-order valence-corrected chi connectivity index (χ4v) is 3.18. The number of aromatic nitrogens is 2. The first kappa shape index (κ1) is 17.6. The summed E-state index contributed by atoms with van der Waals surface area (Å²) in [5, 5.41) is 9.71. The number of H-pyrrole nitrogens is 1. The summed E-state index contributed by atoms with van der Waals surface area (Å²) in [6.45, 7) is 0. The summed E-state index contributed by atoms with van der Waals surface area (Å²) < 4.78 is 13.1. The van der Waals surface area contributed by atoms with Crippen molar-refractivity contribution in [1.82, 2.24) is 9.97 Å². The van der Waals surface area contributed by atoms with E-state index in [4.69, 9.17) is 5.26 Å². The van der Waals surface area contributed by atoms with Crippen LogP contribution in [0.25, 0.3) is 22.3 Å². The highest BCUT2D eigenvalue weighted by atomic mass is 19.1. The highest BCUT2D eigenvalue weighted by Gasteiger charge is 2.11. The van der Waals surface area contributed by atoms with E-state index in [0.717, 1.165) is 27.8 Å². The lowest BCUT2D eigenvalue weighted by molar-refractivity contribution is 0.0993. The highest BCUT2D eigenvalue weighted by Crippen LogP contribution is 2.24. The normalized spacial score (nSPS) is 10.7. The minimum atomic E-state index is -0.280. The molecule has 4 nitrogen and oxygen atoms in total. The number of aromatic amines is 1. The number of carbonyl (C=O) groups excluding carboxylic acids is 1. The number of carbonyl (C=O) groups is 1. The van der Waals surface area contributed by atoms with Crippen LogP contribution in [-0.4, -0.2) is 15.8 Å². The van der Waals surface area contributed by atoms with Crippen LogP contribution in [-0.2, 0) is 12.8 Å². The molecular weight excluding hydrogens is 353 g/mol. The molecule has 0 saturated heterocycles. The summed E-state index contributed by atoms with van der Waals surface area (Å²) in [5.41, 5.74) is 4.66. The zero-order valence-electron chi connectivity index (χ0n) is 14.9. The van der Waals surface area contributed by atoms with Crippen LogP contribution in [0.1, 0.15) is 21.5 Å². The van der Waals surface area contributed by atoms with Crippen LogP contribution in [0.3, 0.4) is 0 Å². The summed E-state index contributed by atoms with van der Waals surface area (Å²) in [7, 11) is 0. The Kier molecular flexibility index (Phi) is 4.69. The molecule has 0 atom stereocenters. The fourth-order valence-electron chi connectivity index (χ4n) is 3.18. The first-order valence-corrected chi connectivity index (χ1v) is 8.85. The van der Waals surface area contributed by atoms with Crippen LogP contribution in [0.5, 0.6) is 0 Å². The monoisotopic (exact) mass is 369 g/mol. The number of rotatable bonds is 5. The Morgan fingerprint density at radius 1 is 1.07 bits per heavy atom. The SMILES string of the molecule is N#CCc1cccc(C(=O)Cc2cnc3[nH]c(-c4ccc(F)cc4)cc3c2)c1. The standard InChI is InChI=1S/C23H16FN3O/c24-20-6-4-17(5-7-20)21-13-19-11-16(14-26-23(19)27-21)12-22(28)18-3-1-2-15(10-18)8-9-25/h1-7,10-11,13-14H,8,12H2,(H,26,27). The van der Waals surface area contributed by atoms with Crippen LogP contribution in [0.2, 0.25) is 0 Å². The van der Waals surface area contributed by atoms with Gasteiger partial charge in [0.1, 0.15) is 11.5 Å². The molecule has 0 amide bonds. The van der Waals surface area contributed by atoms with Crippen molar-refractivity contribution in [2.24, 2.45) is 0 Å². The van der Waals surface area contributed by atoms with Gasteiger partial charge in [-0.1, -0.05) is 18.2 Å². The van der Waals surface area contributed by atoms with Crippen molar-refractivity contribution in [2.45, 2.75) is 12.8 Å². The maximum atomic E-state index is 13.1. The van der Waals surface area contributed by atoms with Crippen LogP contribution in [0, 0.1) is 17.1 Å². The van der Waals surface area contributed by atoms with E-state index >= 15 is 0 Å². The molecule has 1 N–H and O–H groups in total. The summed E-state index contributed by atoms with van der Waals surface area (Å²) in [6.07, 6.45) is 2.20. The third-order valence-corrected chi connectivity index (χ3v) is 4.58. The number of halogens is 1. The van der Waals surface area contributed by atoms with E-state index in [1.54, 1.807) is 36.5 Å². The second-order valence-corrected chi connectivity index (χ2v) is 6.61. The van der Waals surface area contributed by atoms with Crippen LogP contribution in [0.4, 0.5) is 4.39 Å². The van der Waals surface area contributed by atoms with Gasteiger partial charge < -0.3 is 4.98 Å². The van der Waals surface area contributed by atoms with Gasteiger partial charge in [-0.15, -0.1) is 0 Å². The Balaban J connectivity index is 1.58. The number of nitriles is 1. The average Bonchev–Trinajstić information content (AvgIpc) is 3.12. The predicted molar refractivity (Wildman–Crippen MR) is 105 cm³/mol. The molecule has 5 heteroatoms. The second kappa shape index (κ2) is 7.45. The Morgan fingerprint density at radius 3 is 2.68 bits per heavy atom. The molecule has 0 aliphatic carbocycles. The van der Waals surface area contributed by atoms with Gasteiger partial charge in [-0.3, -0.25) is 4.79 Å². The zero-order chi connectivity index (χ0) is 19.5. The van der Waals surface area contributed by atoms with Crippen LogP contribution < -0.4 is 0 Å². The Labute approximate surface area is 161 Å². The number of Topliss-reactive ketones (excluding diaryl/α,β-unsaturated/α-hetero) is 1. The molecule has 4 aromatic rings. The molecule has 2 heterocycles. The zero-order valence-corrected chi connectivity index (χ0v) is 14.9. The van der Waals surface area contributed by atoms with Crippen LogP contribution >= 0.6 is 0 Å². The van der Waals surface area contributed by atoms with E-state index in [9.17, 15) is 9.18 Å². The number of ketones is 1. The number of pyridine rings is 1. The maximum absolute atomic E-state index is 13.1. The van der Waals surface area contributed by atoms with Crippen molar-refractivity contribution in [3.8, 4) is 17.3 Å². The number of fused-ring (bicyclic) bond motifs is 1. The van der Waals surface area contributed by atoms with Gasteiger partial charge >= 0.3 is 0 Å². The highest BCUT2D eigenvalue weighted by molar-refractivity contribution is 5.98. The van der Waals surface area contributed by atoms with Crippen molar-refractivity contribution >= 4 is 16.8 Å². The number of hydrogen-bond acceptors (Lipinski definition) is 3. The van der Waals surface area contributed by atoms with Gasteiger partial charge in [-0.25, -0.2) is 9.37 Å². The third kappa shape index (κ3) is 3.67. The summed E-state index contributed by atoms with van der Waals surface area (Å²) in [6, 6.07) is 19.4. The molecule has 28 heavy (non-hydrogen) atoms. The molecule has 0 aliphatic heterocycles. The lowest BCUT2D eigenvalue weighted by atomic mass is 10.0. The molecule has 0 unspecified atom stereocenters. The Hall–Kier alpha value is -3.78. The number of hydrogen-bond donors (Lipinski definition) is 1. The van der Waals surface area contributed by atoms with Gasteiger partial charge in [0.05, 0.1) is 12.5 Å². The smallest absolute Gasteiger partial charge is 0.167 e. The van der Waals surface area contributed by atoms with Crippen molar-refractivity contribution < 1.29 is 9.18 Å². The van der Waals surface area contributed by atoms with E-state index in [1.807, 2.05) is 18.2 Å². The molecule has 136 valence electrons. The Bertz CT molecular complexity index is 1200. The van der Waals surface area contributed by atoms with E-state index in [1.165, 1.54) is 12.1 Å². The summed E-state index contributed by atoms with van der Waals surface area (Å²) in [5.74, 6) is -0.298. The van der Waals surface area contributed by atoms with Gasteiger partial charge in [0.2, 0.25) is 0 Å². The molecule has 0 saturated carbocycles. The first-order valence-electron chi connectivity index (χ1n) is 8.85. The van der Waals surface area contributed by atoms with E-state index in [0.29, 0.717) is 11.2 Å². The number of benzene rings is 2.